The molecule has 1 N–H and O–H groups in total. The van der Waals surface area contributed by atoms with E-state index in [1.54, 1.807) is 0 Å². The molecule has 2 aromatic rings. The number of aromatic nitrogens is 2. The van der Waals surface area contributed by atoms with Crippen molar-refractivity contribution >= 4 is 10.1 Å². The van der Waals surface area contributed by atoms with Gasteiger partial charge in [-0.25, -0.2) is 4.98 Å². The number of imidazole rings is 1. The molecule has 0 saturated heterocycles. The number of hydrogen-bond donors (Lipinski definition) is 1. The van der Waals surface area contributed by atoms with Crippen LogP contribution in [-0.4, -0.2) is 24.6 Å². The molecule has 0 bridgehead atoms. The van der Waals surface area contributed by atoms with Crippen molar-refractivity contribution in [2.24, 2.45) is 0 Å². The van der Waals surface area contributed by atoms with Crippen molar-refractivity contribution in [3.63, 3.8) is 0 Å². The Morgan fingerprint density at radius 1 is 1.24 bits per heavy atom. The molecule has 0 spiro atoms. The zero-order valence-corrected chi connectivity index (χ0v) is 11.6. The van der Waals surface area contributed by atoms with E-state index >= 15 is 0 Å². The number of aromatic amines is 1. The first-order valence-electron chi connectivity index (χ1n) is 5.71. The van der Waals surface area contributed by atoms with Crippen molar-refractivity contribution < 1.29 is 25.8 Å². The number of nitrogens with zero attached hydrogens (tertiary/aromatic N) is 1. The molecule has 9 heteroatoms. The van der Waals surface area contributed by atoms with Gasteiger partial charge in [0.05, 0.1) is 17.5 Å². The Kier molecular flexibility index (Phi) is 4.06. The average molecular weight is 320 g/mol. The second-order valence-electron chi connectivity index (χ2n) is 4.28. The van der Waals surface area contributed by atoms with E-state index in [1.807, 2.05) is 0 Å². The number of benzene rings is 1. The molecule has 0 saturated carbocycles. The Balaban J connectivity index is 2.14. The largest absolute Gasteiger partial charge is 0.416 e. The van der Waals surface area contributed by atoms with Gasteiger partial charge in [-0.1, -0.05) is 12.1 Å². The lowest BCUT2D eigenvalue weighted by Gasteiger charge is -2.06. The highest BCUT2D eigenvalue weighted by Gasteiger charge is 2.30. The standard InChI is InChI=1S/C12H11F3N2O3S/c1-21(18,19)20-7-10-6-16-11(17-10)8-2-4-9(5-3-8)12(13,14)15/h2-6H,7H2,1H3,(H,16,17). The molecule has 114 valence electrons. The van der Waals surface area contributed by atoms with E-state index in [0.717, 1.165) is 18.4 Å². The lowest BCUT2D eigenvalue weighted by Crippen LogP contribution is -2.04. The van der Waals surface area contributed by atoms with Gasteiger partial charge in [0, 0.05) is 11.8 Å². The molecule has 21 heavy (non-hydrogen) atoms. The highest BCUT2D eigenvalue weighted by molar-refractivity contribution is 7.85. The summed E-state index contributed by atoms with van der Waals surface area (Å²) >= 11 is 0. The number of alkyl halides is 3. The second-order valence-corrected chi connectivity index (χ2v) is 5.93. The average Bonchev–Trinajstić information content (AvgIpc) is 2.83. The van der Waals surface area contributed by atoms with Crippen molar-refractivity contribution in [3.8, 4) is 11.4 Å². The van der Waals surface area contributed by atoms with Gasteiger partial charge in [-0.2, -0.15) is 21.6 Å². The van der Waals surface area contributed by atoms with Crippen LogP contribution >= 0.6 is 0 Å². The molecule has 0 unspecified atom stereocenters. The molecule has 0 aliphatic carbocycles. The van der Waals surface area contributed by atoms with Crippen LogP contribution in [0, 0.1) is 0 Å². The van der Waals surface area contributed by atoms with E-state index in [-0.39, 0.29) is 6.61 Å². The van der Waals surface area contributed by atoms with Crippen LogP contribution in [0.3, 0.4) is 0 Å². The monoisotopic (exact) mass is 320 g/mol. The normalized spacial score (nSPS) is 12.6. The van der Waals surface area contributed by atoms with Crippen LogP contribution in [0.5, 0.6) is 0 Å². The fourth-order valence-corrected chi connectivity index (χ4v) is 1.90. The molecule has 1 heterocycles. The Morgan fingerprint density at radius 3 is 2.38 bits per heavy atom. The Hall–Kier alpha value is -1.87. The van der Waals surface area contributed by atoms with Crippen LogP contribution in [0.15, 0.2) is 30.5 Å². The first-order chi connectivity index (χ1) is 9.65. The molecular formula is C12H11F3N2O3S. The molecule has 0 fully saturated rings. The summed E-state index contributed by atoms with van der Waals surface area (Å²) in [6.07, 6.45) is -2.05. The number of rotatable bonds is 4. The van der Waals surface area contributed by atoms with Gasteiger partial charge >= 0.3 is 6.18 Å². The predicted octanol–water partition coefficient (Wildman–Crippen LogP) is 2.57. The minimum atomic E-state index is -4.39. The summed E-state index contributed by atoms with van der Waals surface area (Å²) in [5, 5.41) is 0. The van der Waals surface area contributed by atoms with Crippen LogP contribution in [0.1, 0.15) is 11.3 Å². The van der Waals surface area contributed by atoms with Crippen LogP contribution in [0.2, 0.25) is 0 Å². The fraction of sp³-hybridized carbons (Fsp3) is 0.250. The zero-order chi connectivity index (χ0) is 15.7. The smallest absolute Gasteiger partial charge is 0.344 e. The summed E-state index contributed by atoms with van der Waals surface area (Å²) < 4.78 is 63.6. The summed E-state index contributed by atoms with van der Waals surface area (Å²) in [6.45, 7) is -0.240. The van der Waals surface area contributed by atoms with E-state index in [1.165, 1.54) is 18.3 Å². The minimum absolute atomic E-state index is 0.240. The molecule has 0 aliphatic rings. The topological polar surface area (TPSA) is 72.1 Å². The van der Waals surface area contributed by atoms with Gasteiger partial charge in [-0.15, -0.1) is 0 Å². The maximum absolute atomic E-state index is 12.4. The molecule has 5 nitrogen and oxygen atoms in total. The molecule has 2 rings (SSSR count). The van der Waals surface area contributed by atoms with E-state index in [0.29, 0.717) is 17.1 Å². The molecule has 0 radical (unpaired) electrons. The van der Waals surface area contributed by atoms with Crippen LogP contribution < -0.4 is 0 Å². The molecular weight excluding hydrogens is 309 g/mol. The third-order valence-corrected chi connectivity index (χ3v) is 3.08. The second kappa shape index (κ2) is 5.49. The Morgan fingerprint density at radius 2 is 1.86 bits per heavy atom. The summed E-state index contributed by atoms with van der Waals surface area (Å²) in [7, 11) is -3.58. The third kappa shape index (κ3) is 4.30. The lowest BCUT2D eigenvalue weighted by molar-refractivity contribution is -0.137. The van der Waals surface area contributed by atoms with Gasteiger partial charge in [-0.05, 0) is 12.1 Å². The molecule has 0 atom stereocenters. The summed E-state index contributed by atoms with van der Waals surface area (Å²) in [6, 6.07) is 4.46. The van der Waals surface area contributed by atoms with Crippen LogP contribution in [-0.2, 0) is 27.1 Å². The van der Waals surface area contributed by atoms with Gasteiger partial charge in [0.2, 0.25) is 0 Å². The highest BCUT2D eigenvalue weighted by Crippen LogP contribution is 2.30. The van der Waals surface area contributed by atoms with E-state index in [9.17, 15) is 21.6 Å². The van der Waals surface area contributed by atoms with E-state index < -0.39 is 21.9 Å². The Bertz CT molecular complexity index is 721. The number of H-pyrrole nitrogens is 1. The third-order valence-electron chi connectivity index (χ3n) is 2.54. The van der Waals surface area contributed by atoms with Crippen molar-refractivity contribution in [2.45, 2.75) is 12.8 Å². The van der Waals surface area contributed by atoms with Gasteiger partial charge in [0.25, 0.3) is 10.1 Å². The van der Waals surface area contributed by atoms with E-state index in [2.05, 4.69) is 14.2 Å². The highest BCUT2D eigenvalue weighted by atomic mass is 32.2. The first-order valence-corrected chi connectivity index (χ1v) is 7.53. The van der Waals surface area contributed by atoms with Gasteiger partial charge in [0.1, 0.15) is 12.4 Å². The maximum atomic E-state index is 12.4. The summed E-state index contributed by atoms with van der Waals surface area (Å²) in [4.78, 5) is 6.80. The SMILES string of the molecule is CS(=O)(=O)OCc1c[nH]c(-c2ccc(C(F)(F)F)cc2)n1. The molecule has 0 amide bonds. The predicted molar refractivity (Wildman–Crippen MR) is 68.7 cm³/mol. The van der Waals surface area contributed by atoms with Gasteiger partial charge in [-0.3, -0.25) is 4.18 Å². The Labute approximate surface area is 118 Å². The summed E-state index contributed by atoms with van der Waals surface area (Å²) in [5.74, 6) is 0.329. The van der Waals surface area contributed by atoms with E-state index in [4.69, 9.17) is 0 Å². The number of nitrogens with one attached hydrogen (secondary N) is 1. The molecule has 1 aromatic carbocycles. The molecule has 1 aromatic heterocycles. The van der Waals surface area contributed by atoms with Crippen LogP contribution in [0.25, 0.3) is 11.4 Å². The van der Waals surface area contributed by atoms with Crippen molar-refractivity contribution in [2.75, 3.05) is 6.26 Å². The minimum Gasteiger partial charge on any atom is -0.344 e. The fourth-order valence-electron chi connectivity index (χ4n) is 1.57. The number of hydrogen-bond acceptors (Lipinski definition) is 4. The van der Waals surface area contributed by atoms with Gasteiger partial charge < -0.3 is 4.98 Å². The number of halogens is 3. The summed E-state index contributed by atoms with van der Waals surface area (Å²) in [5.41, 5.74) is 0.0300. The zero-order valence-electron chi connectivity index (χ0n) is 10.8. The van der Waals surface area contributed by atoms with Gasteiger partial charge in [0.15, 0.2) is 0 Å². The van der Waals surface area contributed by atoms with Crippen molar-refractivity contribution in [1.29, 1.82) is 0 Å². The first kappa shape index (κ1) is 15.5. The molecule has 0 aliphatic heterocycles. The quantitative estimate of drug-likeness (QED) is 0.879. The maximum Gasteiger partial charge on any atom is 0.416 e. The van der Waals surface area contributed by atoms with Crippen molar-refractivity contribution in [3.05, 3.63) is 41.7 Å². The van der Waals surface area contributed by atoms with Crippen LogP contribution in [0.4, 0.5) is 13.2 Å². The van der Waals surface area contributed by atoms with Crippen molar-refractivity contribution in [1.82, 2.24) is 9.97 Å². The lowest BCUT2D eigenvalue weighted by atomic mass is 10.1.